The van der Waals surface area contributed by atoms with E-state index in [-0.39, 0.29) is 12.6 Å². The Bertz CT molecular complexity index is 3250. The van der Waals surface area contributed by atoms with E-state index in [2.05, 4.69) is 187 Å². The van der Waals surface area contributed by atoms with Crippen molar-refractivity contribution in [1.29, 1.82) is 0 Å². The molecule has 0 unspecified atom stereocenters. The first-order valence-corrected chi connectivity index (χ1v) is 22.6. The summed E-state index contributed by atoms with van der Waals surface area (Å²) >= 11 is 0. The molecule has 1 saturated heterocycles. The number of carbonyl (C=O) groups excluding carboxylic acids is 1. The number of para-hydroxylation sites is 2. The average Bonchev–Trinajstić information content (AvgIpc) is 3.91. The zero-order chi connectivity index (χ0) is 44.2. The third kappa shape index (κ3) is 8.38. The second-order valence-electron chi connectivity index (χ2n) is 16.8. The highest BCUT2D eigenvalue weighted by Crippen LogP contribution is 2.41. The number of rotatable bonds is 10. The number of nitrogens with zero attached hydrogens (tertiary/aromatic N) is 2. The predicted molar refractivity (Wildman–Crippen MR) is 270 cm³/mol. The van der Waals surface area contributed by atoms with Crippen molar-refractivity contribution in [3.8, 4) is 78.1 Å². The van der Waals surface area contributed by atoms with E-state index in [4.69, 9.17) is 14.7 Å². The Morgan fingerprint density at radius 2 is 0.879 bits per heavy atom. The van der Waals surface area contributed by atoms with Gasteiger partial charge in [0, 0.05) is 40.2 Å². The van der Waals surface area contributed by atoms with Crippen LogP contribution in [0.15, 0.2) is 224 Å². The number of aromatic nitrogens is 2. The van der Waals surface area contributed by atoms with E-state index in [9.17, 15) is 4.79 Å². The molecule has 3 heterocycles. The normalized spacial score (nSPS) is 12.9. The van der Waals surface area contributed by atoms with Crippen molar-refractivity contribution in [2.75, 3.05) is 6.54 Å². The smallest absolute Gasteiger partial charge is 0.332 e. The number of esters is 1. The highest BCUT2D eigenvalue weighted by atomic mass is 16.5. The Hall–Kier alpha value is -8.41. The lowest BCUT2D eigenvalue weighted by atomic mass is 9.87. The zero-order valence-corrected chi connectivity index (χ0v) is 36.3. The van der Waals surface area contributed by atoms with Crippen LogP contribution in [0.1, 0.15) is 18.4 Å². The van der Waals surface area contributed by atoms with Crippen LogP contribution in [0, 0.1) is 0 Å². The quantitative estimate of drug-likeness (QED) is 0.110. The van der Waals surface area contributed by atoms with Crippen molar-refractivity contribution in [1.82, 2.24) is 15.3 Å². The molecule has 0 atom stereocenters. The number of hydrogen-bond acceptors (Lipinski definition) is 5. The van der Waals surface area contributed by atoms with Gasteiger partial charge in [-0.05, 0) is 117 Å². The van der Waals surface area contributed by atoms with E-state index in [0.29, 0.717) is 0 Å². The van der Waals surface area contributed by atoms with Gasteiger partial charge in [0.1, 0.15) is 6.61 Å². The summed E-state index contributed by atoms with van der Waals surface area (Å²) in [7, 11) is 0. The SMILES string of the molecule is O=C(/C=C1/CCCN1)OCc1ccccc1-c1cc(-c2ccccc2-c2ccc(-c3ccc4ccccc4n3)cc2)cc(-c2ccccc2-c2ccc(-c3ccc4ccccc4n3)cc2)c1. The average molecular weight is 852 g/mol. The molecule has 1 fully saturated rings. The highest BCUT2D eigenvalue weighted by molar-refractivity contribution is 5.93. The Morgan fingerprint density at radius 1 is 0.455 bits per heavy atom. The number of nitrogens with one attached hydrogen (secondary N) is 1. The largest absolute Gasteiger partial charge is 0.458 e. The van der Waals surface area contributed by atoms with Gasteiger partial charge < -0.3 is 10.1 Å². The summed E-state index contributed by atoms with van der Waals surface area (Å²) in [4.78, 5) is 22.9. The summed E-state index contributed by atoms with van der Waals surface area (Å²) in [6.07, 6.45) is 3.48. The summed E-state index contributed by atoms with van der Waals surface area (Å²) in [6, 6.07) is 74.7. The van der Waals surface area contributed by atoms with Crippen LogP contribution in [-0.2, 0) is 16.1 Å². The van der Waals surface area contributed by atoms with Crippen LogP contribution in [0.3, 0.4) is 0 Å². The maximum Gasteiger partial charge on any atom is 0.332 e. The Labute approximate surface area is 384 Å². The van der Waals surface area contributed by atoms with Gasteiger partial charge in [-0.3, -0.25) is 0 Å². The van der Waals surface area contributed by atoms with Crippen LogP contribution in [0.4, 0.5) is 0 Å². The maximum atomic E-state index is 13.0. The lowest BCUT2D eigenvalue weighted by Gasteiger charge is -2.18. The monoisotopic (exact) mass is 851 g/mol. The molecule has 0 amide bonds. The van der Waals surface area contributed by atoms with E-state index >= 15 is 0 Å². The minimum absolute atomic E-state index is 0.155. The molecule has 0 aliphatic carbocycles. The fourth-order valence-corrected chi connectivity index (χ4v) is 9.16. The van der Waals surface area contributed by atoms with E-state index in [1.807, 2.05) is 30.3 Å². The molecule has 0 radical (unpaired) electrons. The van der Waals surface area contributed by atoms with Gasteiger partial charge in [0.2, 0.25) is 0 Å². The molecule has 0 spiro atoms. The summed E-state index contributed by atoms with van der Waals surface area (Å²) in [5, 5.41) is 5.54. The molecule has 5 heteroatoms. The zero-order valence-electron chi connectivity index (χ0n) is 36.3. The van der Waals surface area contributed by atoms with E-state index in [0.717, 1.165) is 131 Å². The second-order valence-corrected chi connectivity index (χ2v) is 16.8. The molecular formula is C61H45N3O2. The Balaban J connectivity index is 0.995. The molecule has 1 aliphatic heterocycles. The first-order chi connectivity index (χ1) is 32.6. The standard InChI is InChI=1S/C61H45N3O2/c65-61(39-51-15-11-35-62-51)66-40-47-14-1-4-16-52(47)48-36-49(55-19-7-5-17-53(55)41-23-27-45(28-24-41)59-33-31-43-12-2-9-21-57(43)63-59)38-50(37-48)56-20-8-6-18-54(56)42-25-29-46(30-26-42)60-34-32-44-13-3-10-22-58(44)64-60/h1-10,12-14,16-34,36-39,62H,11,15,35,40H2/b51-39-. The lowest BCUT2D eigenvalue weighted by Crippen LogP contribution is -2.08. The van der Waals surface area contributed by atoms with E-state index in [1.165, 1.54) is 0 Å². The molecule has 11 rings (SSSR count). The van der Waals surface area contributed by atoms with Gasteiger partial charge in [-0.15, -0.1) is 0 Å². The number of pyridine rings is 2. The molecule has 8 aromatic carbocycles. The third-order valence-corrected chi connectivity index (χ3v) is 12.6. The molecule has 2 aromatic heterocycles. The summed E-state index contributed by atoms with van der Waals surface area (Å²) in [5.41, 5.74) is 18.8. The molecule has 66 heavy (non-hydrogen) atoms. The maximum absolute atomic E-state index is 13.0. The van der Waals surface area contributed by atoms with Gasteiger partial charge in [0.15, 0.2) is 0 Å². The van der Waals surface area contributed by atoms with E-state index in [1.54, 1.807) is 6.08 Å². The molecule has 0 bridgehead atoms. The topological polar surface area (TPSA) is 64.1 Å². The van der Waals surface area contributed by atoms with Gasteiger partial charge >= 0.3 is 5.97 Å². The second kappa shape index (κ2) is 18.0. The Morgan fingerprint density at radius 3 is 1.38 bits per heavy atom. The first-order valence-electron chi connectivity index (χ1n) is 22.6. The number of fused-ring (bicyclic) bond motifs is 2. The summed E-state index contributed by atoms with van der Waals surface area (Å²) in [5.74, 6) is -0.337. The molecule has 1 N–H and O–H groups in total. The fourth-order valence-electron chi connectivity index (χ4n) is 9.16. The van der Waals surface area contributed by atoms with Gasteiger partial charge in [-0.25, -0.2) is 14.8 Å². The van der Waals surface area contributed by atoms with Crippen LogP contribution in [-0.4, -0.2) is 22.5 Å². The molecule has 316 valence electrons. The number of allylic oxidation sites excluding steroid dienone is 1. The van der Waals surface area contributed by atoms with Crippen LogP contribution in [0.5, 0.6) is 0 Å². The summed E-state index contributed by atoms with van der Waals surface area (Å²) in [6.45, 7) is 1.04. The van der Waals surface area contributed by atoms with Crippen molar-refractivity contribution < 1.29 is 9.53 Å². The highest BCUT2D eigenvalue weighted by Gasteiger charge is 2.17. The molecule has 1 aliphatic rings. The fraction of sp³-hybridized carbons (Fsp3) is 0.0656. The minimum atomic E-state index is -0.337. The minimum Gasteiger partial charge on any atom is -0.458 e. The number of benzene rings is 8. The van der Waals surface area contributed by atoms with Crippen LogP contribution >= 0.6 is 0 Å². The van der Waals surface area contributed by atoms with Gasteiger partial charge in [-0.1, -0.05) is 170 Å². The molecular weight excluding hydrogens is 807 g/mol. The molecule has 0 saturated carbocycles. The van der Waals surface area contributed by atoms with Crippen molar-refractivity contribution in [3.63, 3.8) is 0 Å². The number of hydrogen-bond donors (Lipinski definition) is 1. The van der Waals surface area contributed by atoms with Crippen molar-refractivity contribution in [2.24, 2.45) is 0 Å². The van der Waals surface area contributed by atoms with Crippen molar-refractivity contribution >= 4 is 27.8 Å². The van der Waals surface area contributed by atoms with Gasteiger partial charge in [-0.2, -0.15) is 0 Å². The van der Waals surface area contributed by atoms with Crippen molar-refractivity contribution in [3.05, 3.63) is 230 Å². The number of carbonyl (C=O) groups is 1. The third-order valence-electron chi connectivity index (χ3n) is 12.6. The first kappa shape index (κ1) is 40.4. The molecule has 10 aromatic rings. The molecule has 5 nitrogen and oxygen atoms in total. The van der Waals surface area contributed by atoms with Crippen LogP contribution < -0.4 is 5.32 Å². The van der Waals surface area contributed by atoms with Gasteiger partial charge in [0.05, 0.1) is 22.4 Å². The number of ether oxygens (including phenoxy) is 1. The van der Waals surface area contributed by atoms with E-state index < -0.39 is 0 Å². The predicted octanol–water partition coefficient (Wildman–Crippen LogP) is 14.8. The lowest BCUT2D eigenvalue weighted by molar-refractivity contribution is -0.139. The van der Waals surface area contributed by atoms with Gasteiger partial charge in [0.25, 0.3) is 0 Å². The Kier molecular flexibility index (Phi) is 11.0. The van der Waals surface area contributed by atoms with Crippen LogP contribution in [0.25, 0.3) is 100.0 Å². The van der Waals surface area contributed by atoms with Crippen molar-refractivity contribution in [2.45, 2.75) is 19.4 Å². The summed E-state index contributed by atoms with van der Waals surface area (Å²) < 4.78 is 5.90. The van der Waals surface area contributed by atoms with Crippen LogP contribution in [0.2, 0.25) is 0 Å².